The van der Waals surface area contributed by atoms with Crippen LogP contribution in [0.25, 0.3) is 0 Å². The van der Waals surface area contributed by atoms with Crippen molar-refractivity contribution >= 4 is 17.6 Å². The molecule has 1 atom stereocenters. The predicted molar refractivity (Wildman–Crippen MR) is 65.0 cm³/mol. The van der Waals surface area contributed by atoms with E-state index in [1.54, 1.807) is 0 Å². The van der Waals surface area contributed by atoms with Gasteiger partial charge in [0.05, 0.1) is 5.92 Å². The minimum Gasteiger partial charge on any atom is -0.481 e. The third-order valence-corrected chi connectivity index (χ3v) is 2.84. The van der Waals surface area contributed by atoms with E-state index in [9.17, 15) is 9.18 Å². The van der Waals surface area contributed by atoms with Gasteiger partial charge in [-0.3, -0.25) is 4.79 Å². The lowest BCUT2D eigenvalue weighted by atomic mass is 9.95. The van der Waals surface area contributed by atoms with E-state index in [4.69, 9.17) is 16.7 Å². The highest BCUT2D eigenvalue weighted by Gasteiger charge is 2.25. The van der Waals surface area contributed by atoms with Crippen LogP contribution >= 0.6 is 11.6 Å². The zero-order valence-electron chi connectivity index (χ0n) is 9.78. The fraction of sp³-hybridized carbons (Fsp3) is 0.417. The molecular formula is C12H15ClFNO2. The molecule has 0 aliphatic rings. The van der Waals surface area contributed by atoms with Crippen LogP contribution in [-0.2, 0) is 4.79 Å². The van der Waals surface area contributed by atoms with E-state index in [1.807, 2.05) is 19.0 Å². The zero-order valence-corrected chi connectivity index (χ0v) is 10.5. The molecule has 0 saturated heterocycles. The minimum atomic E-state index is -1.06. The van der Waals surface area contributed by atoms with Crippen LogP contribution in [0.2, 0.25) is 5.02 Å². The lowest BCUT2D eigenvalue weighted by molar-refractivity contribution is -0.139. The number of carboxylic acid groups (broad SMARTS) is 1. The molecule has 0 heterocycles. The van der Waals surface area contributed by atoms with Gasteiger partial charge in [-0.05, 0) is 39.2 Å². The number of halogens is 2. The summed E-state index contributed by atoms with van der Waals surface area (Å²) in [5, 5.41) is 9.31. The van der Waals surface area contributed by atoms with Gasteiger partial charge in [-0.25, -0.2) is 4.39 Å². The first-order chi connectivity index (χ1) is 7.93. The summed E-state index contributed by atoms with van der Waals surface area (Å²) in [7, 11) is 3.67. The monoisotopic (exact) mass is 259 g/mol. The van der Waals surface area contributed by atoms with Crippen LogP contribution in [0, 0.1) is 5.82 Å². The highest BCUT2D eigenvalue weighted by Crippen LogP contribution is 2.30. The van der Waals surface area contributed by atoms with Crippen molar-refractivity contribution in [2.45, 2.75) is 12.3 Å². The van der Waals surface area contributed by atoms with Gasteiger partial charge in [-0.2, -0.15) is 0 Å². The van der Waals surface area contributed by atoms with E-state index >= 15 is 0 Å². The molecule has 1 aromatic rings. The van der Waals surface area contributed by atoms with E-state index in [0.717, 1.165) is 0 Å². The number of hydrogen-bond donors (Lipinski definition) is 1. The topological polar surface area (TPSA) is 40.5 Å². The molecule has 1 unspecified atom stereocenters. The highest BCUT2D eigenvalue weighted by atomic mass is 35.5. The molecule has 0 bridgehead atoms. The Balaban J connectivity index is 3.01. The number of nitrogens with zero attached hydrogens (tertiary/aromatic N) is 1. The van der Waals surface area contributed by atoms with Crippen molar-refractivity contribution in [3.05, 3.63) is 34.6 Å². The Kier molecular flexibility index (Phi) is 4.90. The Morgan fingerprint density at radius 2 is 2.18 bits per heavy atom. The Bertz CT molecular complexity index is 389. The first-order valence-electron chi connectivity index (χ1n) is 5.25. The first-order valence-corrected chi connectivity index (χ1v) is 5.62. The number of aliphatic carboxylic acids is 1. The van der Waals surface area contributed by atoms with Gasteiger partial charge in [-0.15, -0.1) is 0 Å². The SMILES string of the molecule is CN(C)CCC(C(=O)O)c1c(F)cccc1Cl. The quantitative estimate of drug-likeness (QED) is 0.884. The van der Waals surface area contributed by atoms with Crippen LogP contribution in [0.4, 0.5) is 4.39 Å². The molecule has 0 aromatic heterocycles. The zero-order chi connectivity index (χ0) is 13.0. The largest absolute Gasteiger partial charge is 0.481 e. The summed E-state index contributed by atoms with van der Waals surface area (Å²) in [5.74, 6) is -2.53. The first kappa shape index (κ1) is 13.9. The lowest BCUT2D eigenvalue weighted by Crippen LogP contribution is -2.21. The van der Waals surface area contributed by atoms with E-state index in [-0.39, 0.29) is 10.6 Å². The van der Waals surface area contributed by atoms with Crippen molar-refractivity contribution in [1.29, 1.82) is 0 Å². The second-order valence-corrected chi connectivity index (χ2v) is 4.53. The highest BCUT2D eigenvalue weighted by molar-refractivity contribution is 6.31. The second kappa shape index (κ2) is 5.98. The number of rotatable bonds is 5. The maximum absolute atomic E-state index is 13.6. The lowest BCUT2D eigenvalue weighted by Gasteiger charge is -2.17. The normalized spacial score (nSPS) is 12.8. The molecule has 5 heteroatoms. The van der Waals surface area contributed by atoms with E-state index in [0.29, 0.717) is 13.0 Å². The third-order valence-electron chi connectivity index (χ3n) is 2.51. The smallest absolute Gasteiger partial charge is 0.311 e. The Morgan fingerprint density at radius 3 is 2.65 bits per heavy atom. The van der Waals surface area contributed by atoms with Gasteiger partial charge in [0.2, 0.25) is 0 Å². The van der Waals surface area contributed by atoms with Gasteiger partial charge < -0.3 is 10.0 Å². The summed E-state index contributed by atoms with van der Waals surface area (Å²) in [6, 6.07) is 4.20. The van der Waals surface area contributed by atoms with Crippen LogP contribution in [-0.4, -0.2) is 36.6 Å². The Morgan fingerprint density at radius 1 is 1.53 bits per heavy atom. The minimum absolute atomic E-state index is 0.0727. The van der Waals surface area contributed by atoms with Crippen LogP contribution in [0.5, 0.6) is 0 Å². The van der Waals surface area contributed by atoms with E-state index in [2.05, 4.69) is 0 Å². The van der Waals surface area contributed by atoms with Gasteiger partial charge >= 0.3 is 5.97 Å². The molecule has 0 radical (unpaired) electrons. The molecule has 1 rings (SSSR count). The van der Waals surface area contributed by atoms with Gasteiger partial charge in [0.25, 0.3) is 0 Å². The van der Waals surface area contributed by atoms with Crippen LogP contribution in [0.3, 0.4) is 0 Å². The van der Waals surface area contributed by atoms with E-state index in [1.165, 1.54) is 18.2 Å². The molecular weight excluding hydrogens is 245 g/mol. The third kappa shape index (κ3) is 3.68. The standard InChI is InChI=1S/C12H15ClFNO2/c1-15(2)7-6-8(12(16)17)11-9(13)4-3-5-10(11)14/h3-5,8H,6-7H2,1-2H3,(H,16,17). The summed E-state index contributed by atoms with van der Waals surface area (Å²) >= 11 is 5.87. The van der Waals surface area contributed by atoms with Gasteiger partial charge in [0.1, 0.15) is 5.82 Å². The predicted octanol–water partition coefficient (Wildman–Crippen LogP) is 2.60. The fourth-order valence-electron chi connectivity index (χ4n) is 1.62. The van der Waals surface area contributed by atoms with Crippen molar-refractivity contribution in [2.75, 3.05) is 20.6 Å². The summed E-state index contributed by atoms with van der Waals surface area (Å²) in [5.41, 5.74) is 0.0727. The van der Waals surface area contributed by atoms with Crippen molar-refractivity contribution in [2.24, 2.45) is 0 Å². The maximum atomic E-state index is 13.6. The van der Waals surface area contributed by atoms with Crippen LogP contribution < -0.4 is 0 Å². The van der Waals surface area contributed by atoms with Gasteiger partial charge in [-0.1, -0.05) is 17.7 Å². The molecule has 1 N–H and O–H groups in total. The number of hydrogen-bond acceptors (Lipinski definition) is 2. The van der Waals surface area contributed by atoms with Crippen molar-refractivity contribution < 1.29 is 14.3 Å². The summed E-state index contributed by atoms with van der Waals surface area (Å²) < 4.78 is 13.6. The Hall–Kier alpha value is -1.13. The molecule has 0 spiro atoms. The molecule has 0 fully saturated rings. The molecule has 0 amide bonds. The molecule has 3 nitrogen and oxygen atoms in total. The van der Waals surface area contributed by atoms with Crippen LogP contribution in [0.1, 0.15) is 17.9 Å². The van der Waals surface area contributed by atoms with Crippen molar-refractivity contribution in [1.82, 2.24) is 4.90 Å². The fourth-order valence-corrected chi connectivity index (χ4v) is 1.92. The number of carboxylic acids is 1. The Labute approximate surface area is 105 Å². The van der Waals surface area contributed by atoms with Crippen LogP contribution in [0.15, 0.2) is 18.2 Å². The maximum Gasteiger partial charge on any atom is 0.311 e. The summed E-state index contributed by atoms with van der Waals surface area (Å²) in [6.45, 7) is 0.557. The van der Waals surface area contributed by atoms with Crippen molar-refractivity contribution in [3.8, 4) is 0 Å². The van der Waals surface area contributed by atoms with E-state index < -0.39 is 17.7 Å². The average molecular weight is 260 g/mol. The number of carbonyl (C=O) groups is 1. The van der Waals surface area contributed by atoms with Crippen molar-refractivity contribution in [3.63, 3.8) is 0 Å². The molecule has 0 saturated carbocycles. The summed E-state index contributed by atoms with van der Waals surface area (Å²) in [4.78, 5) is 13.0. The molecule has 0 aliphatic heterocycles. The molecule has 0 aliphatic carbocycles. The summed E-state index contributed by atoms with van der Waals surface area (Å²) in [6.07, 6.45) is 0.322. The molecule has 17 heavy (non-hydrogen) atoms. The molecule has 1 aromatic carbocycles. The average Bonchev–Trinajstić information content (AvgIpc) is 2.21. The number of benzene rings is 1. The van der Waals surface area contributed by atoms with Gasteiger partial charge in [0, 0.05) is 10.6 Å². The second-order valence-electron chi connectivity index (χ2n) is 4.12. The molecule has 94 valence electrons. The van der Waals surface area contributed by atoms with Gasteiger partial charge in [0.15, 0.2) is 0 Å².